The summed E-state index contributed by atoms with van der Waals surface area (Å²) in [5, 5.41) is 5.25. The molecule has 28 heavy (non-hydrogen) atoms. The summed E-state index contributed by atoms with van der Waals surface area (Å²) < 4.78 is 0. The van der Waals surface area contributed by atoms with Gasteiger partial charge in [-0.2, -0.15) is 0 Å². The van der Waals surface area contributed by atoms with Crippen LogP contribution in [-0.4, -0.2) is 44.0 Å². The molecular formula is C23H31N3OS. The third-order valence-corrected chi connectivity index (χ3v) is 6.95. The third-order valence-electron chi connectivity index (χ3n) is 6.08. The molecule has 0 radical (unpaired) electrons. The Morgan fingerprint density at radius 3 is 2.79 bits per heavy atom. The van der Waals surface area contributed by atoms with Crippen molar-refractivity contribution in [2.75, 3.05) is 38.1 Å². The van der Waals surface area contributed by atoms with Crippen LogP contribution in [0.3, 0.4) is 0 Å². The van der Waals surface area contributed by atoms with E-state index in [1.54, 1.807) is 11.3 Å². The van der Waals surface area contributed by atoms with Crippen LogP contribution in [0.1, 0.15) is 47.7 Å². The van der Waals surface area contributed by atoms with Crippen LogP contribution < -0.4 is 10.2 Å². The van der Waals surface area contributed by atoms with Gasteiger partial charge in [0, 0.05) is 30.7 Å². The maximum atomic E-state index is 12.5. The Kier molecular flexibility index (Phi) is 6.33. The fraction of sp³-hybridized carbons (Fsp3) is 0.522. The number of anilines is 1. The van der Waals surface area contributed by atoms with Gasteiger partial charge in [-0.1, -0.05) is 24.6 Å². The molecule has 1 atom stereocenters. The van der Waals surface area contributed by atoms with Crippen LogP contribution in [0.15, 0.2) is 35.7 Å². The van der Waals surface area contributed by atoms with E-state index in [0.29, 0.717) is 13.0 Å². The molecule has 1 amide bonds. The topological polar surface area (TPSA) is 35.6 Å². The first-order chi connectivity index (χ1) is 13.7. The predicted molar refractivity (Wildman–Crippen MR) is 117 cm³/mol. The Morgan fingerprint density at radius 2 is 2.00 bits per heavy atom. The minimum absolute atomic E-state index is 0.127. The molecule has 4 nitrogen and oxygen atoms in total. The summed E-state index contributed by atoms with van der Waals surface area (Å²) in [5.41, 5.74) is 4.18. The molecule has 0 saturated carbocycles. The number of hydrogen-bond donors (Lipinski definition) is 1. The Labute approximate surface area is 172 Å². The molecule has 5 heteroatoms. The van der Waals surface area contributed by atoms with E-state index in [4.69, 9.17) is 0 Å². The van der Waals surface area contributed by atoms with Crippen molar-refractivity contribution >= 4 is 22.9 Å². The largest absolute Gasteiger partial charge is 0.374 e. The summed E-state index contributed by atoms with van der Waals surface area (Å²) in [6, 6.07) is 11.3. The number of nitrogens with zero attached hydrogens (tertiary/aromatic N) is 2. The van der Waals surface area contributed by atoms with Crippen molar-refractivity contribution in [2.45, 2.75) is 44.6 Å². The molecule has 1 saturated heterocycles. The van der Waals surface area contributed by atoms with Crippen molar-refractivity contribution in [3.05, 3.63) is 51.7 Å². The normalized spacial score (nSPS) is 18.5. The summed E-state index contributed by atoms with van der Waals surface area (Å²) in [5.74, 6) is 0.127. The van der Waals surface area contributed by atoms with E-state index in [1.807, 2.05) is 17.5 Å². The minimum atomic E-state index is 0.127. The molecule has 2 aliphatic rings. The molecule has 0 bridgehead atoms. The van der Waals surface area contributed by atoms with Gasteiger partial charge in [-0.3, -0.25) is 9.69 Å². The summed E-state index contributed by atoms with van der Waals surface area (Å²) in [6.07, 6.45) is 6.70. The smallest absolute Gasteiger partial charge is 0.225 e. The van der Waals surface area contributed by atoms with E-state index in [2.05, 4.69) is 40.4 Å². The summed E-state index contributed by atoms with van der Waals surface area (Å²) in [7, 11) is 2.19. The lowest BCUT2D eigenvalue weighted by Gasteiger charge is -2.36. The fourth-order valence-corrected chi connectivity index (χ4v) is 5.25. The van der Waals surface area contributed by atoms with Crippen LogP contribution in [0.5, 0.6) is 0 Å². The van der Waals surface area contributed by atoms with Crippen molar-refractivity contribution in [1.82, 2.24) is 10.2 Å². The van der Waals surface area contributed by atoms with Crippen LogP contribution in [0, 0.1) is 0 Å². The Balaban J connectivity index is 1.49. The van der Waals surface area contributed by atoms with Gasteiger partial charge in [-0.05, 0) is 67.4 Å². The number of fused-ring (bicyclic) bond motifs is 1. The highest BCUT2D eigenvalue weighted by Crippen LogP contribution is 2.31. The second kappa shape index (κ2) is 9.10. The monoisotopic (exact) mass is 397 g/mol. The van der Waals surface area contributed by atoms with Gasteiger partial charge in [0.1, 0.15) is 0 Å². The molecule has 2 aromatic rings. The summed E-state index contributed by atoms with van der Waals surface area (Å²) >= 11 is 1.65. The molecule has 0 spiro atoms. The zero-order valence-corrected chi connectivity index (χ0v) is 17.6. The number of nitrogens with one attached hydrogen (secondary N) is 1. The lowest BCUT2D eigenvalue weighted by Crippen LogP contribution is -2.41. The second-order valence-corrected chi connectivity index (χ2v) is 9.12. The molecule has 1 fully saturated rings. The number of hydrogen-bond acceptors (Lipinski definition) is 4. The van der Waals surface area contributed by atoms with Crippen molar-refractivity contribution in [1.29, 1.82) is 0 Å². The first kappa shape index (κ1) is 19.5. The molecule has 3 heterocycles. The Morgan fingerprint density at radius 1 is 1.14 bits per heavy atom. The summed E-state index contributed by atoms with van der Waals surface area (Å²) in [6.45, 7) is 4.09. The number of amides is 1. The molecule has 1 N–H and O–H groups in total. The zero-order valence-electron chi connectivity index (χ0n) is 16.8. The highest BCUT2D eigenvalue weighted by Gasteiger charge is 2.24. The van der Waals surface area contributed by atoms with Gasteiger partial charge in [-0.25, -0.2) is 0 Å². The lowest BCUT2D eigenvalue weighted by atomic mass is 9.95. The first-order valence-corrected chi connectivity index (χ1v) is 11.5. The fourth-order valence-electron chi connectivity index (χ4n) is 4.54. The molecular weight excluding hydrogens is 366 g/mol. The van der Waals surface area contributed by atoms with Crippen LogP contribution in [0.4, 0.5) is 5.69 Å². The quantitative estimate of drug-likeness (QED) is 0.800. The number of likely N-dealkylation sites (tertiary alicyclic amines) is 1. The molecule has 0 unspecified atom stereocenters. The van der Waals surface area contributed by atoms with E-state index in [1.165, 1.54) is 42.5 Å². The van der Waals surface area contributed by atoms with E-state index in [9.17, 15) is 4.79 Å². The van der Waals surface area contributed by atoms with Crippen LogP contribution >= 0.6 is 11.3 Å². The third kappa shape index (κ3) is 4.58. The number of carbonyl (C=O) groups is 1. The molecule has 150 valence electrons. The number of thiophene rings is 1. The minimum Gasteiger partial charge on any atom is -0.374 e. The van der Waals surface area contributed by atoms with Gasteiger partial charge in [0.15, 0.2) is 0 Å². The molecule has 0 aliphatic carbocycles. The van der Waals surface area contributed by atoms with E-state index >= 15 is 0 Å². The van der Waals surface area contributed by atoms with E-state index < -0.39 is 0 Å². The molecule has 1 aromatic heterocycles. The molecule has 1 aromatic carbocycles. The standard InChI is InChI=1S/C23H31N3OS/c1-25-11-5-7-18-15-19(9-10-21(18)25)22(26-12-3-2-4-13-26)17-24-23(27)16-20-8-6-14-28-20/h6,8-10,14-15,22H,2-5,7,11-13,16-17H2,1H3,(H,24,27)/t22-/m0/s1. The van der Waals surface area contributed by atoms with Crippen molar-refractivity contribution in [2.24, 2.45) is 0 Å². The van der Waals surface area contributed by atoms with Crippen molar-refractivity contribution in [3.63, 3.8) is 0 Å². The number of carbonyl (C=O) groups excluding carboxylic acids is 1. The van der Waals surface area contributed by atoms with Crippen molar-refractivity contribution in [3.8, 4) is 0 Å². The summed E-state index contributed by atoms with van der Waals surface area (Å²) in [4.78, 5) is 18.5. The van der Waals surface area contributed by atoms with Gasteiger partial charge in [0.2, 0.25) is 5.91 Å². The molecule has 4 rings (SSSR count). The zero-order chi connectivity index (χ0) is 19.3. The predicted octanol–water partition coefficient (Wildman–Crippen LogP) is 4.02. The number of aryl methyl sites for hydroxylation is 1. The van der Waals surface area contributed by atoms with Gasteiger partial charge >= 0.3 is 0 Å². The molecule has 2 aliphatic heterocycles. The van der Waals surface area contributed by atoms with Gasteiger partial charge in [-0.15, -0.1) is 11.3 Å². The average Bonchev–Trinajstić information content (AvgIpc) is 3.22. The first-order valence-electron chi connectivity index (χ1n) is 10.6. The van der Waals surface area contributed by atoms with Crippen molar-refractivity contribution < 1.29 is 4.79 Å². The van der Waals surface area contributed by atoms with Gasteiger partial charge in [0.05, 0.1) is 12.5 Å². The second-order valence-electron chi connectivity index (χ2n) is 8.09. The lowest BCUT2D eigenvalue weighted by molar-refractivity contribution is -0.120. The van der Waals surface area contributed by atoms with Gasteiger partial charge in [0.25, 0.3) is 0 Å². The maximum Gasteiger partial charge on any atom is 0.225 e. The van der Waals surface area contributed by atoms with Crippen LogP contribution in [0.2, 0.25) is 0 Å². The SMILES string of the molecule is CN1CCCc2cc([C@H](CNC(=O)Cc3cccs3)N3CCCCC3)ccc21. The Bertz CT molecular complexity index is 783. The maximum absolute atomic E-state index is 12.5. The highest BCUT2D eigenvalue weighted by molar-refractivity contribution is 7.10. The number of piperidine rings is 1. The number of rotatable bonds is 6. The van der Waals surface area contributed by atoms with Crippen LogP contribution in [-0.2, 0) is 17.6 Å². The van der Waals surface area contributed by atoms with Gasteiger partial charge < -0.3 is 10.2 Å². The number of benzene rings is 1. The Hall–Kier alpha value is -1.85. The van der Waals surface area contributed by atoms with E-state index in [0.717, 1.165) is 30.9 Å². The van der Waals surface area contributed by atoms with Crippen LogP contribution in [0.25, 0.3) is 0 Å². The highest BCUT2D eigenvalue weighted by atomic mass is 32.1. The van der Waals surface area contributed by atoms with E-state index in [-0.39, 0.29) is 11.9 Å². The average molecular weight is 398 g/mol.